The Morgan fingerprint density at radius 3 is 1.25 bits per heavy atom. The van der Waals surface area contributed by atoms with Crippen LogP contribution in [-0.2, 0) is 9.59 Å². The predicted octanol–water partition coefficient (Wildman–Crippen LogP) is 0.386. The lowest BCUT2D eigenvalue weighted by atomic mass is 9.92. The Balaban J connectivity index is 2.87. The van der Waals surface area contributed by atoms with Crippen LogP contribution in [0.1, 0.15) is 41.5 Å². The van der Waals surface area contributed by atoms with Crippen LogP contribution < -0.4 is 0 Å². The number of rotatable bonds is 0. The molecule has 0 saturated carbocycles. The van der Waals surface area contributed by atoms with E-state index in [1.807, 2.05) is 0 Å². The smallest absolute Gasteiger partial charge is 0.230 e. The second-order valence-corrected chi connectivity index (χ2v) is 7.38. The summed E-state index contributed by atoms with van der Waals surface area (Å²) in [6.07, 6.45) is -2.17. The SMILES string of the molecule is CC(C)(C)C(=O)N1CC(O)N(C(=O)C(C)(C)C)CC1O. The third kappa shape index (κ3) is 3.49. The van der Waals surface area contributed by atoms with Gasteiger partial charge in [0.2, 0.25) is 11.8 Å². The van der Waals surface area contributed by atoms with Crippen LogP contribution >= 0.6 is 0 Å². The molecule has 0 aromatic heterocycles. The van der Waals surface area contributed by atoms with Crippen LogP contribution in [0.25, 0.3) is 0 Å². The highest BCUT2D eigenvalue weighted by atomic mass is 16.3. The van der Waals surface area contributed by atoms with Crippen molar-refractivity contribution >= 4 is 11.8 Å². The number of piperazine rings is 1. The van der Waals surface area contributed by atoms with Gasteiger partial charge in [0, 0.05) is 10.8 Å². The molecule has 0 aromatic carbocycles. The average molecular weight is 286 g/mol. The monoisotopic (exact) mass is 286 g/mol. The number of hydrogen-bond donors (Lipinski definition) is 2. The molecule has 0 spiro atoms. The predicted molar refractivity (Wildman–Crippen MR) is 74.3 cm³/mol. The van der Waals surface area contributed by atoms with Crippen molar-refractivity contribution in [3.05, 3.63) is 0 Å². The zero-order valence-corrected chi connectivity index (χ0v) is 13.2. The molecule has 1 heterocycles. The van der Waals surface area contributed by atoms with E-state index in [-0.39, 0.29) is 24.9 Å². The molecule has 1 aliphatic rings. The summed E-state index contributed by atoms with van der Waals surface area (Å²) in [4.78, 5) is 26.9. The normalized spacial score (nSPS) is 24.8. The number of nitrogens with zero attached hydrogens (tertiary/aromatic N) is 2. The number of amides is 2. The molecule has 2 unspecified atom stereocenters. The van der Waals surface area contributed by atoms with Crippen molar-refractivity contribution in [3.63, 3.8) is 0 Å². The minimum atomic E-state index is -1.09. The first-order valence-corrected chi connectivity index (χ1v) is 6.84. The topological polar surface area (TPSA) is 81.1 Å². The van der Waals surface area contributed by atoms with Crippen molar-refractivity contribution in [1.82, 2.24) is 9.80 Å². The lowest BCUT2D eigenvalue weighted by molar-refractivity contribution is -0.185. The van der Waals surface area contributed by atoms with Crippen LogP contribution in [0.15, 0.2) is 0 Å². The number of aliphatic hydroxyl groups is 2. The van der Waals surface area contributed by atoms with Crippen LogP contribution in [0.5, 0.6) is 0 Å². The van der Waals surface area contributed by atoms with Crippen LogP contribution in [-0.4, -0.2) is 57.4 Å². The Morgan fingerprint density at radius 2 is 1.05 bits per heavy atom. The first-order valence-electron chi connectivity index (χ1n) is 6.84. The summed E-state index contributed by atoms with van der Waals surface area (Å²) in [6.45, 7) is 10.4. The average Bonchev–Trinajstić information content (AvgIpc) is 2.27. The number of hydrogen-bond acceptors (Lipinski definition) is 4. The van der Waals surface area contributed by atoms with E-state index in [1.54, 1.807) is 41.5 Å². The standard InChI is InChI=1S/C14H26N2O4/c1-13(2,3)11(19)15-7-10(18)16(8-9(15)17)12(20)14(4,5)6/h9-10,17-18H,7-8H2,1-6H3. The minimum Gasteiger partial charge on any atom is -0.372 e. The quantitative estimate of drug-likeness (QED) is 0.675. The highest BCUT2D eigenvalue weighted by Crippen LogP contribution is 2.25. The van der Waals surface area contributed by atoms with E-state index < -0.39 is 23.3 Å². The van der Waals surface area contributed by atoms with Gasteiger partial charge in [-0.05, 0) is 0 Å². The number of carbonyl (C=O) groups excluding carboxylic acids is 2. The first-order chi connectivity index (χ1) is 8.85. The lowest BCUT2D eigenvalue weighted by Crippen LogP contribution is -2.64. The number of carbonyl (C=O) groups is 2. The number of aliphatic hydroxyl groups excluding tert-OH is 2. The van der Waals surface area contributed by atoms with Crippen molar-refractivity contribution in [3.8, 4) is 0 Å². The fraction of sp³-hybridized carbons (Fsp3) is 0.857. The Hall–Kier alpha value is -1.14. The fourth-order valence-corrected chi connectivity index (χ4v) is 2.09. The molecule has 6 heteroatoms. The van der Waals surface area contributed by atoms with E-state index in [4.69, 9.17) is 0 Å². The van der Waals surface area contributed by atoms with Gasteiger partial charge in [-0.2, -0.15) is 0 Å². The van der Waals surface area contributed by atoms with E-state index in [2.05, 4.69) is 0 Å². The summed E-state index contributed by atoms with van der Waals surface area (Å²) < 4.78 is 0. The second kappa shape index (κ2) is 5.33. The van der Waals surface area contributed by atoms with Crippen LogP contribution in [0, 0.1) is 10.8 Å². The third-order valence-corrected chi connectivity index (χ3v) is 3.24. The molecule has 1 saturated heterocycles. The van der Waals surface area contributed by atoms with E-state index in [0.717, 1.165) is 0 Å². The van der Waals surface area contributed by atoms with E-state index in [0.29, 0.717) is 0 Å². The zero-order chi connectivity index (χ0) is 15.9. The molecule has 2 atom stereocenters. The van der Waals surface area contributed by atoms with Crippen molar-refractivity contribution in [2.45, 2.75) is 54.0 Å². The highest BCUT2D eigenvalue weighted by Gasteiger charge is 2.42. The summed E-state index contributed by atoms with van der Waals surface area (Å²) >= 11 is 0. The largest absolute Gasteiger partial charge is 0.372 e. The molecule has 1 aliphatic heterocycles. The van der Waals surface area contributed by atoms with Gasteiger partial charge in [-0.3, -0.25) is 9.59 Å². The van der Waals surface area contributed by atoms with Gasteiger partial charge in [0.1, 0.15) is 12.5 Å². The van der Waals surface area contributed by atoms with Gasteiger partial charge in [0.15, 0.2) is 0 Å². The maximum atomic E-state index is 12.2. The highest BCUT2D eigenvalue weighted by molar-refractivity contribution is 5.84. The molecule has 20 heavy (non-hydrogen) atoms. The Labute approximate surface area is 120 Å². The molecular formula is C14H26N2O4. The fourth-order valence-electron chi connectivity index (χ4n) is 2.09. The first kappa shape index (κ1) is 16.9. The van der Waals surface area contributed by atoms with Gasteiger partial charge in [-0.1, -0.05) is 41.5 Å². The third-order valence-electron chi connectivity index (χ3n) is 3.24. The molecule has 2 N–H and O–H groups in total. The van der Waals surface area contributed by atoms with E-state index in [9.17, 15) is 19.8 Å². The van der Waals surface area contributed by atoms with Gasteiger partial charge in [-0.15, -0.1) is 0 Å². The Bertz CT molecular complexity index is 357. The Morgan fingerprint density at radius 1 is 0.800 bits per heavy atom. The maximum absolute atomic E-state index is 12.2. The van der Waals surface area contributed by atoms with E-state index in [1.165, 1.54) is 9.80 Å². The molecule has 1 rings (SSSR count). The van der Waals surface area contributed by atoms with Crippen molar-refractivity contribution in [2.75, 3.05) is 13.1 Å². The minimum absolute atomic E-state index is 0.0703. The van der Waals surface area contributed by atoms with Gasteiger partial charge >= 0.3 is 0 Å². The molecule has 0 radical (unpaired) electrons. The van der Waals surface area contributed by atoms with Gasteiger partial charge in [0.25, 0.3) is 0 Å². The van der Waals surface area contributed by atoms with Crippen LogP contribution in [0.4, 0.5) is 0 Å². The van der Waals surface area contributed by atoms with Gasteiger partial charge in [-0.25, -0.2) is 0 Å². The van der Waals surface area contributed by atoms with Crippen molar-refractivity contribution in [2.24, 2.45) is 10.8 Å². The summed E-state index contributed by atoms with van der Waals surface area (Å²) in [5, 5.41) is 20.2. The second-order valence-electron chi connectivity index (χ2n) is 7.38. The molecule has 0 bridgehead atoms. The van der Waals surface area contributed by atoms with Crippen molar-refractivity contribution in [1.29, 1.82) is 0 Å². The summed E-state index contributed by atoms with van der Waals surface area (Å²) in [7, 11) is 0. The molecule has 116 valence electrons. The summed E-state index contributed by atoms with van der Waals surface area (Å²) in [5.74, 6) is -0.487. The number of β-amino-alcohol motifs (C(OH)–C–C–N with tert-alkyl or cyclic N) is 2. The Kier molecular flexibility index (Phi) is 4.51. The van der Waals surface area contributed by atoms with Gasteiger partial charge < -0.3 is 20.0 Å². The molecular weight excluding hydrogens is 260 g/mol. The van der Waals surface area contributed by atoms with Gasteiger partial charge in [0.05, 0.1) is 13.1 Å². The maximum Gasteiger partial charge on any atom is 0.230 e. The molecule has 0 aromatic rings. The molecule has 0 aliphatic carbocycles. The van der Waals surface area contributed by atoms with Crippen LogP contribution in [0.2, 0.25) is 0 Å². The van der Waals surface area contributed by atoms with Crippen LogP contribution in [0.3, 0.4) is 0 Å². The summed E-state index contributed by atoms with van der Waals surface area (Å²) in [5.41, 5.74) is -1.28. The molecule has 6 nitrogen and oxygen atoms in total. The van der Waals surface area contributed by atoms with E-state index >= 15 is 0 Å². The zero-order valence-electron chi connectivity index (χ0n) is 13.2. The molecule has 1 fully saturated rings. The molecule has 2 amide bonds. The summed E-state index contributed by atoms with van der Waals surface area (Å²) in [6, 6.07) is 0. The lowest BCUT2D eigenvalue weighted by Gasteiger charge is -2.45. The van der Waals surface area contributed by atoms with Crippen molar-refractivity contribution < 1.29 is 19.8 Å².